The summed E-state index contributed by atoms with van der Waals surface area (Å²) in [6.07, 6.45) is 8.62. The van der Waals surface area contributed by atoms with Crippen LogP contribution in [0.3, 0.4) is 0 Å². The van der Waals surface area contributed by atoms with E-state index in [4.69, 9.17) is 11.6 Å². The molecule has 0 bridgehead atoms. The second-order valence-electron chi connectivity index (χ2n) is 10.7. The molecule has 29 heavy (non-hydrogen) atoms. The predicted octanol–water partition coefficient (Wildman–Crippen LogP) is 4.97. The Balaban J connectivity index is 1.55. The van der Waals surface area contributed by atoms with E-state index >= 15 is 0 Å². The van der Waals surface area contributed by atoms with Gasteiger partial charge in [-0.3, -0.25) is 0 Å². The average molecular weight is 417 g/mol. The maximum Gasteiger partial charge on any atom is 0.0978 e. The lowest BCUT2D eigenvalue weighted by atomic mass is 9.45. The summed E-state index contributed by atoms with van der Waals surface area (Å²) in [5.41, 5.74) is -0.157. The first kappa shape index (κ1) is 20.1. The first-order valence-electron chi connectivity index (χ1n) is 11.2. The lowest BCUT2D eigenvalue weighted by Gasteiger charge is -2.62. The summed E-state index contributed by atoms with van der Waals surface area (Å²) in [5.74, 6) is 0.576. The summed E-state index contributed by atoms with van der Waals surface area (Å²) >= 11 is 6.09. The number of hydrogen-bond acceptors (Lipinski definition) is 3. The van der Waals surface area contributed by atoms with E-state index in [1.807, 2.05) is 24.3 Å². The van der Waals surface area contributed by atoms with Gasteiger partial charge in [-0.2, -0.15) is 0 Å². The molecule has 2 unspecified atom stereocenters. The van der Waals surface area contributed by atoms with Crippen molar-refractivity contribution in [1.82, 2.24) is 0 Å². The van der Waals surface area contributed by atoms with Crippen LogP contribution >= 0.6 is 11.6 Å². The summed E-state index contributed by atoms with van der Waals surface area (Å²) in [6.45, 7) is 4.46. The molecule has 5 rings (SSSR count). The lowest BCUT2D eigenvalue weighted by Crippen LogP contribution is -2.63. The summed E-state index contributed by atoms with van der Waals surface area (Å²) in [4.78, 5) is 0. The minimum atomic E-state index is -1.04. The standard InChI is InChI=1S/C25H33ClO3/c1-22-11-9-19(27)15-17(22)5-8-21-20(22)10-12-23(2)24(28,13-14-25(21,23)29)16-3-6-18(26)7-4-16/h3-7,19-21,27-29H,8-15H2,1-2H3/t19?,20-,21-,22+,23-,24?,25-/m1/s1. The van der Waals surface area contributed by atoms with Crippen molar-refractivity contribution in [3.63, 3.8) is 0 Å². The van der Waals surface area contributed by atoms with Gasteiger partial charge in [-0.05, 0) is 86.3 Å². The zero-order valence-electron chi connectivity index (χ0n) is 17.5. The van der Waals surface area contributed by atoms with Gasteiger partial charge in [0.2, 0.25) is 0 Å². The van der Waals surface area contributed by atoms with E-state index in [1.165, 1.54) is 5.57 Å². The number of aliphatic hydroxyl groups excluding tert-OH is 1. The second kappa shape index (κ2) is 6.32. The van der Waals surface area contributed by atoms with E-state index in [0.717, 1.165) is 44.1 Å². The number of benzene rings is 1. The van der Waals surface area contributed by atoms with Gasteiger partial charge in [-0.25, -0.2) is 0 Å². The van der Waals surface area contributed by atoms with Crippen molar-refractivity contribution in [1.29, 1.82) is 0 Å². The smallest absolute Gasteiger partial charge is 0.0978 e. The Kier molecular flexibility index (Phi) is 4.37. The molecule has 0 saturated heterocycles. The first-order chi connectivity index (χ1) is 13.6. The van der Waals surface area contributed by atoms with Crippen LogP contribution in [0.2, 0.25) is 5.02 Å². The molecule has 1 aromatic rings. The van der Waals surface area contributed by atoms with Crippen molar-refractivity contribution in [2.45, 2.75) is 82.5 Å². The number of rotatable bonds is 1. The molecule has 1 aromatic carbocycles. The van der Waals surface area contributed by atoms with Crippen LogP contribution < -0.4 is 0 Å². The van der Waals surface area contributed by atoms with Crippen LogP contribution in [0, 0.1) is 22.7 Å². The van der Waals surface area contributed by atoms with Crippen LogP contribution in [0.25, 0.3) is 0 Å². The number of hydrogen-bond donors (Lipinski definition) is 3. The normalized spacial score (nSPS) is 49.0. The van der Waals surface area contributed by atoms with Gasteiger partial charge < -0.3 is 15.3 Å². The van der Waals surface area contributed by atoms with Crippen molar-refractivity contribution in [2.24, 2.45) is 22.7 Å². The molecule has 0 radical (unpaired) electrons. The second-order valence-corrected chi connectivity index (χ2v) is 11.1. The van der Waals surface area contributed by atoms with Gasteiger partial charge in [0.05, 0.1) is 17.3 Å². The van der Waals surface area contributed by atoms with Crippen molar-refractivity contribution in [2.75, 3.05) is 0 Å². The molecule has 0 heterocycles. The highest BCUT2D eigenvalue weighted by molar-refractivity contribution is 6.30. The molecule has 4 aliphatic rings. The van der Waals surface area contributed by atoms with Gasteiger partial charge >= 0.3 is 0 Å². The van der Waals surface area contributed by atoms with Crippen molar-refractivity contribution < 1.29 is 15.3 Å². The number of allylic oxidation sites excluding steroid dienone is 1. The summed E-state index contributed by atoms with van der Waals surface area (Å²) in [7, 11) is 0. The van der Waals surface area contributed by atoms with E-state index in [0.29, 0.717) is 23.8 Å². The van der Waals surface area contributed by atoms with Crippen molar-refractivity contribution >= 4 is 11.6 Å². The van der Waals surface area contributed by atoms with E-state index in [9.17, 15) is 15.3 Å². The number of aliphatic hydroxyl groups is 3. The van der Waals surface area contributed by atoms with E-state index in [-0.39, 0.29) is 17.4 Å². The topological polar surface area (TPSA) is 60.7 Å². The van der Waals surface area contributed by atoms with Crippen LogP contribution in [-0.4, -0.2) is 27.0 Å². The average Bonchev–Trinajstić information content (AvgIpc) is 2.91. The van der Waals surface area contributed by atoms with Crippen LogP contribution in [0.1, 0.15) is 70.8 Å². The van der Waals surface area contributed by atoms with Gasteiger partial charge in [0.15, 0.2) is 0 Å². The molecule has 0 aromatic heterocycles. The summed E-state index contributed by atoms with van der Waals surface area (Å²) in [5, 5.41) is 35.0. The maximum atomic E-state index is 12.2. The Morgan fingerprint density at radius 2 is 1.66 bits per heavy atom. The third-order valence-electron chi connectivity index (χ3n) is 9.74. The molecule has 7 atom stereocenters. The molecule has 3 fully saturated rings. The Morgan fingerprint density at radius 3 is 2.38 bits per heavy atom. The predicted molar refractivity (Wildman–Crippen MR) is 115 cm³/mol. The number of halogens is 1. The summed E-state index contributed by atoms with van der Waals surface area (Å²) in [6, 6.07) is 7.53. The van der Waals surface area contributed by atoms with Gasteiger partial charge in [-0.15, -0.1) is 0 Å². The van der Waals surface area contributed by atoms with Crippen molar-refractivity contribution in [3.05, 3.63) is 46.5 Å². The highest BCUT2D eigenvalue weighted by Crippen LogP contribution is 2.70. The van der Waals surface area contributed by atoms with Crippen LogP contribution in [0.5, 0.6) is 0 Å². The molecule has 158 valence electrons. The molecule has 4 heteroatoms. The zero-order chi connectivity index (χ0) is 20.7. The zero-order valence-corrected chi connectivity index (χ0v) is 18.3. The molecule has 4 aliphatic carbocycles. The fourth-order valence-electron chi connectivity index (χ4n) is 7.81. The highest BCUT2D eigenvalue weighted by atomic mass is 35.5. The Labute approximate surface area is 178 Å². The Bertz CT molecular complexity index is 850. The summed E-state index contributed by atoms with van der Waals surface area (Å²) < 4.78 is 0. The molecule has 3 nitrogen and oxygen atoms in total. The molecule has 0 aliphatic heterocycles. The monoisotopic (exact) mass is 416 g/mol. The highest BCUT2D eigenvalue weighted by Gasteiger charge is 2.71. The minimum absolute atomic E-state index is 0.0696. The maximum absolute atomic E-state index is 12.2. The fraction of sp³-hybridized carbons (Fsp3) is 0.680. The first-order valence-corrected chi connectivity index (χ1v) is 11.6. The molecular weight excluding hydrogens is 384 g/mol. The molecular formula is C25H33ClO3. The third-order valence-corrected chi connectivity index (χ3v) is 9.99. The third kappa shape index (κ3) is 2.48. The SMILES string of the molecule is C[C@]12CCC(O)CC1=CC[C@@H]1[C@H]2CC[C@]2(C)C(O)(c3ccc(Cl)cc3)CC[C@@]12O. The molecule has 0 amide bonds. The Hall–Kier alpha value is -0.870. The molecule has 3 N–H and O–H groups in total. The quantitative estimate of drug-likeness (QED) is 0.566. The van der Waals surface area contributed by atoms with Crippen LogP contribution in [0.4, 0.5) is 0 Å². The van der Waals surface area contributed by atoms with Gasteiger partial charge in [0, 0.05) is 10.4 Å². The van der Waals surface area contributed by atoms with Crippen LogP contribution in [-0.2, 0) is 5.60 Å². The largest absolute Gasteiger partial charge is 0.393 e. The van der Waals surface area contributed by atoms with Crippen molar-refractivity contribution in [3.8, 4) is 0 Å². The Morgan fingerprint density at radius 1 is 0.931 bits per heavy atom. The minimum Gasteiger partial charge on any atom is -0.393 e. The van der Waals surface area contributed by atoms with E-state index < -0.39 is 16.6 Å². The molecule has 3 saturated carbocycles. The lowest BCUT2D eigenvalue weighted by molar-refractivity contribution is -0.218. The molecule has 0 spiro atoms. The van der Waals surface area contributed by atoms with Gasteiger partial charge in [0.1, 0.15) is 0 Å². The number of fused-ring (bicyclic) bond motifs is 5. The van der Waals surface area contributed by atoms with Gasteiger partial charge in [-0.1, -0.05) is 49.2 Å². The van der Waals surface area contributed by atoms with Gasteiger partial charge in [0.25, 0.3) is 0 Å². The van der Waals surface area contributed by atoms with E-state index in [1.54, 1.807) is 0 Å². The fourth-order valence-corrected chi connectivity index (χ4v) is 7.94. The van der Waals surface area contributed by atoms with E-state index in [2.05, 4.69) is 19.9 Å². The van der Waals surface area contributed by atoms with Crippen LogP contribution in [0.15, 0.2) is 35.9 Å².